The summed E-state index contributed by atoms with van der Waals surface area (Å²) in [5.74, 6) is 0.129. The van der Waals surface area contributed by atoms with Crippen LogP contribution in [0.5, 0.6) is 0 Å². The summed E-state index contributed by atoms with van der Waals surface area (Å²) in [7, 11) is 1.65. The normalized spacial score (nSPS) is 17.2. The van der Waals surface area contributed by atoms with Gasteiger partial charge in [0.15, 0.2) is 0 Å². The molecule has 1 aromatic rings. The van der Waals surface area contributed by atoms with Gasteiger partial charge in [0.05, 0.1) is 19.3 Å². The Morgan fingerprint density at radius 1 is 1.26 bits per heavy atom. The number of hydrogen-bond acceptors (Lipinski definition) is 5. The number of hydrogen-bond donors (Lipinski definition) is 2. The predicted octanol–water partition coefficient (Wildman–Crippen LogP) is 0.100. The topological polar surface area (TPSA) is 65.0 Å². The van der Waals surface area contributed by atoms with Crippen molar-refractivity contribution in [3.8, 4) is 0 Å². The minimum Gasteiger partial charge on any atom is -0.387 e. The summed E-state index contributed by atoms with van der Waals surface area (Å²) in [6.07, 6.45) is -0.478. The molecule has 1 aliphatic heterocycles. The number of methoxy groups -OCH3 is 1. The van der Waals surface area contributed by atoms with Crippen molar-refractivity contribution in [2.75, 3.05) is 59.5 Å². The molecule has 0 bridgehead atoms. The number of nitrogens with one attached hydrogen (secondary N) is 1. The monoisotopic (exact) mass is 321 g/mol. The van der Waals surface area contributed by atoms with Crippen LogP contribution in [0.15, 0.2) is 30.3 Å². The van der Waals surface area contributed by atoms with Crippen LogP contribution in [0.3, 0.4) is 0 Å². The molecule has 0 radical (unpaired) electrons. The molecule has 1 fully saturated rings. The van der Waals surface area contributed by atoms with Crippen LogP contribution in [0.2, 0.25) is 0 Å². The number of piperazine rings is 1. The number of carbonyl (C=O) groups is 1. The van der Waals surface area contributed by atoms with Crippen LogP contribution >= 0.6 is 0 Å². The number of aliphatic hydroxyl groups excluding tert-OH is 1. The summed E-state index contributed by atoms with van der Waals surface area (Å²) in [6.45, 7) is 5.29. The van der Waals surface area contributed by atoms with Gasteiger partial charge in [-0.1, -0.05) is 30.3 Å². The molecule has 0 spiro atoms. The Morgan fingerprint density at radius 3 is 2.61 bits per heavy atom. The molecule has 1 aliphatic rings. The van der Waals surface area contributed by atoms with E-state index in [1.165, 1.54) is 0 Å². The number of benzene rings is 1. The van der Waals surface area contributed by atoms with Crippen LogP contribution < -0.4 is 5.32 Å². The van der Waals surface area contributed by atoms with E-state index in [-0.39, 0.29) is 5.91 Å². The van der Waals surface area contributed by atoms with E-state index in [0.29, 0.717) is 39.3 Å². The van der Waals surface area contributed by atoms with Gasteiger partial charge in [-0.2, -0.15) is 0 Å². The molecule has 2 rings (SSSR count). The Balaban J connectivity index is 1.68. The molecule has 1 heterocycles. The predicted molar refractivity (Wildman–Crippen MR) is 89.2 cm³/mol. The average molecular weight is 321 g/mol. The minimum absolute atomic E-state index is 0.129. The molecule has 0 aliphatic carbocycles. The Labute approximate surface area is 138 Å². The fourth-order valence-electron chi connectivity index (χ4n) is 2.69. The van der Waals surface area contributed by atoms with Gasteiger partial charge >= 0.3 is 0 Å². The van der Waals surface area contributed by atoms with Crippen molar-refractivity contribution in [2.24, 2.45) is 0 Å². The van der Waals surface area contributed by atoms with Crippen LogP contribution in [0.1, 0.15) is 11.7 Å². The number of carbonyl (C=O) groups excluding carboxylic acids is 1. The van der Waals surface area contributed by atoms with Crippen LogP contribution in [-0.4, -0.2) is 80.3 Å². The van der Waals surface area contributed by atoms with Gasteiger partial charge in [-0.05, 0) is 5.56 Å². The Hall–Kier alpha value is -1.47. The van der Waals surface area contributed by atoms with Gasteiger partial charge in [-0.3, -0.25) is 9.69 Å². The maximum absolute atomic E-state index is 12.1. The summed E-state index contributed by atoms with van der Waals surface area (Å²) < 4.78 is 4.94. The highest BCUT2D eigenvalue weighted by Crippen LogP contribution is 2.14. The highest BCUT2D eigenvalue weighted by Gasteiger charge is 2.22. The first kappa shape index (κ1) is 17.9. The van der Waals surface area contributed by atoms with E-state index in [9.17, 15) is 9.90 Å². The number of amides is 1. The third-order valence-corrected chi connectivity index (χ3v) is 4.10. The molecule has 0 aromatic heterocycles. The third-order valence-electron chi connectivity index (χ3n) is 4.10. The lowest BCUT2D eigenvalue weighted by atomic mass is 10.1. The summed E-state index contributed by atoms with van der Waals surface area (Å²) in [6, 6.07) is 9.70. The number of nitrogens with zero attached hydrogens (tertiary/aromatic N) is 2. The van der Waals surface area contributed by atoms with Crippen LogP contribution in [-0.2, 0) is 9.53 Å². The molecule has 128 valence electrons. The van der Waals surface area contributed by atoms with Crippen LogP contribution in [0, 0.1) is 0 Å². The van der Waals surface area contributed by atoms with E-state index in [1.54, 1.807) is 7.11 Å². The lowest BCUT2D eigenvalue weighted by molar-refractivity contribution is -0.132. The van der Waals surface area contributed by atoms with Crippen molar-refractivity contribution in [2.45, 2.75) is 6.10 Å². The second-order valence-corrected chi connectivity index (χ2v) is 5.78. The van der Waals surface area contributed by atoms with E-state index >= 15 is 0 Å². The molecule has 0 saturated carbocycles. The van der Waals surface area contributed by atoms with Gasteiger partial charge in [-0.25, -0.2) is 0 Å². The maximum Gasteiger partial charge on any atom is 0.236 e. The molecule has 1 atom stereocenters. The number of aliphatic hydroxyl groups is 1. The Kier molecular flexibility index (Phi) is 7.48. The highest BCUT2D eigenvalue weighted by atomic mass is 16.5. The molecule has 6 nitrogen and oxygen atoms in total. The third kappa shape index (κ3) is 5.91. The smallest absolute Gasteiger partial charge is 0.236 e. The van der Waals surface area contributed by atoms with Crippen molar-refractivity contribution >= 4 is 5.91 Å². The number of ether oxygens (including phenoxy) is 1. The lowest BCUT2D eigenvalue weighted by Gasteiger charge is -2.35. The minimum atomic E-state index is -0.478. The van der Waals surface area contributed by atoms with E-state index in [1.807, 2.05) is 35.2 Å². The SMILES string of the molecule is COCCNCC(=O)N1CCN(CC(O)c2ccccc2)CC1. The van der Waals surface area contributed by atoms with Crippen LogP contribution in [0.4, 0.5) is 0 Å². The van der Waals surface area contributed by atoms with Crippen LogP contribution in [0.25, 0.3) is 0 Å². The zero-order valence-corrected chi connectivity index (χ0v) is 13.8. The highest BCUT2D eigenvalue weighted by molar-refractivity contribution is 5.78. The van der Waals surface area contributed by atoms with Crippen molar-refractivity contribution < 1.29 is 14.6 Å². The Morgan fingerprint density at radius 2 is 1.96 bits per heavy atom. The van der Waals surface area contributed by atoms with E-state index in [0.717, 1.165) is 18.7 Å². The van der Waals surface area contributed by atoms with Crippen molar-refractivity contribution in [1.82, 2.24) is 15.1 Å². The Bertz CT molecular complexity index is 461. The molecule has 1 amide bonds. The van der Waals surface area contributed by atoms with Crippen molar-refractivity contribution in [3.05, 3.63) is 35.9 Å². The maximum atomic E-state index is 12.1. The van der Waals surface area contributed by atoms with Gasteiger partial charge < -0.3 is 20.1 Å². The second kappa shape index (κ2) is 9.62. The van der Waals surface area contributed by atoms with E-state index in [2.05, 4.69) is 10.2 Å². The van der Waals surface area contributed by atoms with Gasteiger partial charge in [0.25, 0.3) is 0 Å². The summed E-state index contributed by atoms with van der Waals surface area (Å²) in [4.78, 5) is 16.2. The molecule has 2 N–H and O–H groups in total. The van der Waals surface area contributed by atoms with Gasteiger partial charge in [0.1, 0.15) is 0 Å². The van der Waals surface area contributed by atoms with Gasteiger partial charge in [-0.15, -0.1) is 0 Å². The standard InChI is InChI=1S/C17H27N3O3/c1-23-12-7-18-13-17(22)20-10-8-19(9-11-20)14-16(21)15-5-3-2-4-6-15/h2-6,16,18,21H,7-14H2,1H3. The lowest BCUT2D eigenvalue weighted by Crippen LogP contribution is -2.51. The molecule has 1 unspecified atom stereocenters. The molecule has 6 heteroatoms. The van der Waals surface area contributed by atoms with E-state index < -0.39 is 6.10 Å². The zero-order chi connectivity index (χ0) is 16.5. The van der Waals surface area contributed by atoms with E-state index in [4.69, 9.17) is 4.74 Å². The second-order valence-electron chi connectivity index (χ2n) is 5.78. The fourth-order valence-corrected chi connectivity index (χ4v) is 2.69. The molecule has 1 saturated heterocycles. The average Bonchev–Trinajstić information content (AvgIpc) is 2.60. The summed E-state index contributed by atoms with van der Waals surface area (Å²) in [5, 5.41) is 13.3. The summed E-state index contributed by atoms with van der Waals surface area (Å²) >= 11 is 0. The molecular formula is C17H27N3O3. The molecule has 23 heavy (non-hydrogen) atoms. The van der Waals surface area contributed by atoms with Gasteiger partial charge in [0, 0.05) is 46.4 Å². The largest absolute Gasteiger partial charge is 0.387 e. The molecular weight excluding hydrogens is 294 g/mol. The number of β-amino-alcohol motifs (C(OH)–C–C–N with tert-alkyl or cyclic N) is 1. The zero-order valence-electron chi connectivity index (χ0n) is 13.8. The summed E-state index contributed by atoms with van der Waals surface area (Å²) in [5.41, 5.74) is 0.938. The first-order chi connectivity index (χ1) is 11.2. The fraction of sp³-hybridized carbons (Fsp3) is 0.588. The quantitative estimate of drug-likeness (QED) is 0.665. The van der Waals surface area contributed by atoms with Crippen molar-refractivity contribution in [3.63, 3.8) is 0 Å². The van der Waals surface area contributed by atoms with Gasteiger partial charge in [0.2, 0.25) is 5.91 Å². The first-order valence-corrected chi connectivity index (χ1v) is 8.13. The first-order valence-electron chi connectivity index (χ1n) is 8.13. The van der Waals surface area contributed by atoms with Crippen molar-refractivity contribution in [1.29, 1.82) is 0 Å². The molecule has 1 aromatic carbocycles. The number of rotatable bonds is 8.